The molecule has 5 heteroatoms. The van der Waals surface area contributed by atoms with Crippen LogP contribution in [0.25, 0.3) is 0 Å². The summed E-state index contributed by atoms with van der Waals surface area (Å²) in [6.07, 6.45) is 0. The zero-order valence-corrected chi connectivity index (χ0v) is 8.88. The van der Waals surface area contributed by atoms with Crippen molar-refractivity contribution in [3.8, 4) is 0 Å². The molecular weight excluding hydrogens is 244 g/mol. The monoisotopic (exact) mass is 251 g/mol. The van der Waals surface area contributed by atoms with Gasteiger partial charge in [-0.1, -0.05) is 17.7 Å². The summed E-state index contributed by atoms with van der Waals surface area (Å²) in [6.45, 7) is 1.82. The van der Waals surface area contributed by atoms with E-state index < -0.39 is 10.1 Å². The van der Waals surface area contributed by atoms with Crippen LogP contribution in [0.5, 0.6) is 0 Å². The second kappa shape index (κ2) is 4.02. The molecule has 0 spiro atoms. The molecule has 0 amide bonds. The Morgan fingerprint density at radius 3 is 1.92 bits per heavy atom. The lowest BCUT2D eigenvalue weighted by molar-refractivity contribution is 0.463. The fraction of sp³-hybridized carbons (Fsp3) is 0.143. The van der Waals surface area contributed by atoms with E-state index >= 15 is 0 Å². The van der Waals surface area contributed by atoms with Crippen LogP contribution in [0.2, 0.25) is 0 Å². The first kappa shape index (κ1) is 11.6. The summed E-state index contributed by atoms with van der Waals surface area (Å²) in [5.74, 6) is 0. The third-order valence-electron chi connectivity index (χ3n) is 1.31. The lowest BCUT2D eigenvalue weighted by atomic mass is 10.2. The third-order valence-corrected chi connectivity index (χ3v) is 2.16. The molecule has 0 bridgehead atoms. The third kappa shape index (κ3) is 2.92. The van der Waals surface area contributed by atoms with Crippen molar-refractivity contribution in [1.29, 1.82) is 0 Å². The van der Waals surface area contributed by atoms with Crippen LogP contribution in [-0.4, -0.2) is 13.0 Å². The summed E-state index contributed by atoms with van der Waals surface area (Å²) in [6, 6.07) is 5.78. The van der Waals surface area contributed by atoms with E-state index in [9.17, 15) is 13.0 Å². The number of benzene rings is 1. The number of halogens is 1. The van der Waals surface area contributed by atoms with Gasteiger partial charge in [-0.25, -0.2) is 8.42 Å². The Balaban J connectivity index is 0.00000121. The van der Waals surface area contributed by atoms with Crippen molar-refractivity contribution >= 4 is 27.1 Å². The van der Waals surface area contributed by atoms with Crippen LogP contribution < -0.4 is 0 Å². The van der Waals surface area contributed by atoms with Crippen molar-refractivity contribution in [2.75, 3.05) is 0 Å². The topological polar surface area (TPSA) is 57.2 Å². The van der Waals surface area contributed by atoms with Crippen LogP contribution in [0.15, 0.2) is 29.2 Å². The van der Waals surface area contributed by atoms with E-state index in [0.717, 1.165) is 5.56 Å². The van der Waals surface area contributed by atoms with Crippen molar-refractivity contribution in [1.82, 2.24) is 0 Å². The molecule has 0 heterocycles. The smallest absolute Gasteiger partial charge is 0.124 e. The molecule has 0 aliphatic rings. The maximum atomic E-state index is 10.4. The lowest BCUT2D eigenvalue weighted by Crippen LogP contribution is -1.97. The Bertz CT molecular complexity index is 341. The summed E-state index contributed by atoms with van der Waals surface area (Å²) in [5.41, 5.74) is 0.928. The van der Waals surface area contributed by atoms with Crippen LogP contribution >= 0.6 is 17.0 Å². The minimum Gasteiger partial charge on any atom is -0.744 e. The number of hydrogen-bond acceptors (Lipinski definition) is 3. The quantitative estimate of drug-likeness (QED) is 0.711. The van der Waals surface area contributed by atoms with Gasteiger partial charge in [-0.15, -0.1) is 17.0 Å². The zero-order valence-electron chi connectivity index (χ0n) is 6.35. The number of aryl methyl sites for hydroxylation is 1. The number of hydrogen-bond donors (Lipinski definition) is 0. The highest BCUT2D eigenvalue weighted by Crippen LogP contribution is 2.08. The van der Waals surface area contributed by atoms with Gasteiger partial charge in [0.1, 0.15) is 10.1 Å². The van der Waals surface area contributed by atoms with Crippen LogP contribution in [0, 0.1) is 6.92 Å². The molecule has 0 aromatic heterocycles. The maximum Gasteiger partial charge on any atom is 0.124 e. The van der Waals surface area contributed by atoms with Gasteiger partial charge in [0.15, 0.2) is 0 Å². The highest BCUT2D eigenvalue weighted by Gasteiger charge is 1.97. The first-order valence-corrected chi connectivity index (χ1v) is 4.43. The summed E-state index contributed by atoms with van der Waals surface area (Å²) in [7, 11) is -4.27. The highest BCUT2D eigenvalue weighted by atomic mass is 79.9. The Morgan fingerprint density at radius 2 is 1.58 bits per heavy atom. The molecule has 68 valence electrons. The Kier molecular flexibility index (Phi) is 3.89. The summed E-state index contributed by atoms with van der Waals surface area (Å²) in [5, 5.41) is 0. The van der Waals surface area contributed by atoms with Gasteiger partial charge in [0.2, 0.25) is 0 Å². The van der Waals surface area contributed by atoms with Gasteiger partial charge in [0, 0.05) is 0 Å². The van der Waals surface area contributed by atoms with Gasteiger partial charge in [-0.05, 0) is 19.1 Å². The molecule has 0 saturated heterocycles. The second-order valence-corrected chi connectivity index (χ2v) is 3.65. The molecule has 0 unspecified atom stereocenters. The molecule has 1 aromatic rings. The van der Waals surface area contributed by atoms with Crippen LogP contribution in [-0.2, 0) is 10.1 Å². The summed E-state index contributed by atoms with van der Waals surface area (Å²) in [4.78, 5) is -0.178. The molecular formula is C7H8BrO3S-. The second-order valence-electron chi connectivity index (χ2n) is 2.27. The molecule has 0 radical (unpaired) electrons. The predicted octanol–water partition coefficient (Wildman–Crippen LogP) is 1.48. The average Bonchev–Trinajstić information content (AvgIpc) is 1.86. The largest absolute Gasteiger partial charge is 0.744 e. The van der Waals surface area contributed by atoms with E-state index in [-0.39, 0.29) is 21.9 Å². The molecule has 1 rings (SSSR count). The van der Waals surface area contributed by atoms with E-state index in [2.05, 4.69) is 0 Å². The molecule has 0 aliphatic heterocycles. The molecule has 0 atom stereocenters. The van der Waals surface area contributed by atoms with E-state index in [1.807, 2.05) is 6.92 Å². The molecule has 3 nitrogen and oxygen atoms in total. The molecule has 0 fully saturated rings. The Morgan fingerprint density at radius 1 is 1.17 bits per heavy atom. The Labute approximate surface area is 81.9 Å². The molecule has 12 heavy (non-hydrogen) atoms. The number of rotatable bonds is 1. The first-order valence-electron chi connectivity index (χ1n) is 3.03. The fourth-order valence-corrected chi connectivity index (χ4v) is 1.17. The average molecular weight is 252 g/mol. The van der Waals surface area contributed by atoms with Gasteiger partial charge >= 0.3 is 0 Å². The maximum absolute atomic E-state index is 10.4. The zero-order chi connectivity index (χ0) is 8.48. The van der Waals surface area contributed by atoms with E-state index in [1.54, 1.807) is 12.1 Å². The van der Waals surface area contributed by atoms with Gasteiger partial charge in [-0.3, -0.25) is 0 Å². The molecule has 0 N–H and O–H groups in total. The van der Waals surface area contributed by atoms with E-state index in [1.165, 1.54) is 12.1 Å². The van der Waals surface area contributed by atoms with Crippen molar-refractivity contribution in [2.24, 2.45) is 0 Å². The van der Waals surface area contributed by atoms with Crippen LogP contribution in [0.4, 0.5) is 0 Å². The van der Waals surface area contributed by atoms with Gasteiger partial charge < -0.3 is 4.55 Å². The normalized spacial score (nSPS) is 10.5. The standard InChI is InChI=1S/C7H8O3S.BrH/c1-6-2-4-7(5-3-6)11(8,9)10;/h2-5H,1H3,(H,8,9,10);1H/p-1. The van der Waals surface area contributed by atoms with Crippen LogP contribution in [0.3, 0.4) is 0 Å². The molecule has 1 aromatic carbocycles. The van der Waals surface area contributed by atoms with Crippen molar-refractivity contribution < 1.29 is 13.0 Å². The Hall–Kier alpha value is -0.390. The summed E-state index contributed by atoms with van der Waals surface area (Å²) >= 11 is 0. The van der Waals surface area contributed by atoms with E-state index in [0.29, 0.717) is 0 Å². The van der Waals surface area contributed by atoms with Crippen molar-refractivity contribution in [3.05, 3.63) is 29.8 Å². The van der Waals surface area contributed by atoms with Gasteiger partial charge in [-0.2, -0.15) is 0 Å². The van der Waals surface area contributed by atoms with Crippen molar-refractivity contribution in [2.45, 2.75) is 11.8 Å². The minimum atomic E-state index is -4.27. The summed E-state index contributed by atoms with van der Waals surface area (Å²) < 4.78 is 31.2. The minimum absolute atomic E-state index is 0. The SMILES string of the molecule is Br.Cc1ccc(S(=O)(=O)[O-])cc1. The van der Waals surface area contributed by atoms with E-state index in [4.69, 9.17) is 0 Å². The highest BCUT2D eigenvalue weighted by molar-refractivity contribution is 8.93. The molecule has 0 aliphatic carbocycles. The van der Waals surface area contributed by atoms with Crippen molar-refractivity contribution in [3.63, 3.8) is 0 Å². The lowest BCUT2D eigenvalue weighted by Gasteiger charge is -2.05. The van der Waals surface area contributed by atoms with Crippen LogP contribution in [0.1, 0.15) is 5.56 Å². The fourth-order valence-electron chi connectivity index (χ4n) is 0.705. The predicted molar refractivity (Wildman–Crippen MR) is 49.5 cm³/mol. The van der Waals surface area contributed by atoms with Gasteiger partial charge in [0.25, 0.3) is 0 Å². The van der Waals surface area contributed by atoms with Gasteiger partial charge in [0.05, 0.1) is 4.90 Å². The first-order chi connectivity index (χ1) is 5.00. The molecule has 0 saturated carbocycles.